The second-order valence-corrected chi connectivity index (χ2v) is 2.12. The molecule has 1 aliphatic rings. The van der Waals surface area contributed by atoms with E-state index in [1.54, 1.807) is 0 Å². The summed E-state index contributed by atoms with van der Waals surface area (Å²) in [6.07, 6.45) is 1.88. The van der Waals surface area contributed by atoms with Crippen LogP contribution in [-0.2, 0) is 9.47 Å². The van der Waals surface area contributed by atoms with Gasteiger partial charge in [-0.25, -0.2) is 0 Å². The summed E-state index contributed by atoms with van der Waals surface area (Å²) in [4.78, 5) is 0. The standard InChI is InChI=1S/C6H12O3/c7-3-1-6-2-4-8-5-9-6/h6-7H,1-5H2. The molecule has 1 saturated heterocycles. The van der Waals surface area contributed by atoms with Crippen molar-refractivity contribution in [3.05, 3.63) is 0 Å². The van der Waals surface area contributed by atoms with Gasteiger partial charge in [0.25, 0.3) is 0 Å². The molecule has 3 heteroatoms. The van der Waals surface area contributed by atoms with Crippen molar-refractivity contribution in [3.8, 4) is 0 Å². The Labute approximate surface area is 54.6 Å². The van der Waals surface area contributed by atoms with E-state index in [0.717, 1.165) is 19.4 Å². The van der Waals surface area contributed by atoms with E-state index in [0.29, 0.717) is 6.79 Å². The first-order valence-electron chi connectivity index (χ1n) is 3.23. The van der Waals surface area contributed by atoms with Crippen molar-refractivity contribution in [2.45, 2.75) is 18.9 Å². The van der Waals surface area contributed by atoms with E-state index >= 15 is 0 Å². The van der Waals surface area contributed by atoms with Crippen molar-refractivity contribution in [1.82, 2.24) is 0 Å². The van der Waals surface area contributed by atoms with E-state index in [2.05, 4.69) is 0 Å². The lowest BCUT2D eigenvalue weighted by Gasteiger charge is -2.21. The molecular weight excluding hydrogens is 120 g/mol. The summed E-state index contributed by atoms with van der Waals surface area (Å²) in [5, 5.41) is 8.50. The molecule has 1 rings (SSSR count). The van der Waals surface area contributed by atoms with Gasteiger partial charge in [0.1, 0.15) is 6.79 Å². The maximum Gasteiger partial charge on any atom is 0.147 e. The minimum atomic E-state index is 0.213. The van der Waals surface area contributed by atoms with Crippen LogP contribution in [-0.4, -0.2) is 31.2 Å². The smallest absolute Gasteiger partial charge is 0.147 e. The molecular formula is C6H12O3. The molecule has 1 heterocycles. The number of hydrogen-bond acceptors (Lipinski definition) is 3. The zero-order valence-electron chi connectivity index (χ0n) is 5.38. The summed E-state index contributed by atoms with van der Waals surface area (Å²) in [5.41, 5.74) is 0. The lowest BCUT2D eigenvalue weighted by Crippen LogP contribution is -2.24. The summed E-state index contributed by atoms with van der Waals surface area (Å²) in [6, 6.07) is 0. The highest BCUT2D eigenvalue weighted by Gasteiger charge is 2.12. The Morgan fingerprint density at radius 3 is 3.00 bits per heavy atom. The molecule has 0 amide bonds. The van der Waals surface area contributed by atoms with Crippen LogP contribution in [0.25, 0.3) is 0 Å². The number of aliphatic hydroxyl groups excluding tert-OH is 1. The third-order valence-electron chi connectivity index (χ3n) is 1.42. The molecule has 0 spiro atoms. The first-order chi connectivity index (χ1) is 4.43. The van der Waals surface area contributed by atoms with Crippen molar-refractivity contribution >= 4 is 0 Å². The van der Waals surface area contributed by atoms with Crippen LogP contribution in [0.2, 0.25) is 0 Å². The molecule has 1 fully saturated rings. The lowest BCUT2D eigenvalue weighted by molar-refractivity contribution is -0.142. The molecule has 0 radical (unpaired) electrons. The highest BCUT2D eigenvalue weighted by molar-refractivity contribution is 4.58. The van der Waals surface area contributed by atoms with Crippen LogP contribution in [0.4, 0.5) is 0 Å². The van der Waals surface area contributed by atoms with Gasteiger partial charge in [-0.05, 0) is 12.8 Å². The Bertz CT molecular complexity index is 65.9. The highest BCUT2D eigenvalue weighted by atomic mass is 16.7. The Hall–Kier alpha value is -0.120. The zero-order valence-corrected chi connectivity index (χ0v) is 5.38. The van der Waals surface area contributed by atoms with Gasteiger partial charge in [-0.2, -0.15) is 0 Å². The largest absolute Gasteiger partial charge is 0.396 e. The van der Waals surface area contributed by atoms with Crippen molar-refractivity contribution in [3.63, 3.8) is 0 Å². The quantitative estimate of drug-likeness (QED) is 0.580. The lowest BCUT2D eigenvalue weighted by atomic mass is 10.2. The van der Waals surface area contributed by atoms with Gasteiger partial charge in [0.15, 0.2) is 0 Å². The van der Waals surface area contributed by atoms with Gasteiger partial charge in [-0.3, -0.25) is 0 Å². The van der Waals surface area contributed by atoms with Crippen molar-refractivity contribution in [2.75, 3.05) is 20.0 Å². The van der Waals surface area contributed by atoms with Gasteiger partial charge >= 0.3 is 0 Å². The van der Waals surface area contributed by atoms with Crippen LogP contribution < -0.4 is 0 Å². The summed E-state index contributed by atoms with van der Waals surface area (Å²) in [6.45, 7) is 1.38. The fourth-order valence-corrected chi connectivity index (χ4v) is 0.873. The van der Waals surface area contributed by atoms with Crippen LogP contribution >= 0.6 is 0 Å². The fourth-order valence-electron chi connectivity index (χ4n) is 0.873. The summed E-state index contributed by atoms with van der Waals surface area (Å²) in [5.74, 6) is 0. The molecule has 0 bridgehead atoms. The van der Waals surface area contributed by atoms with Crippen molar-refractivity contribution in [1.29, 1.82) is 0 Å². The number of ether oxygens (including phenoxy) is 2. The summed E-state index contributed by atoms with van der Waals surface area (Å²) < 4.78 is 10.1. The van der Waals surface area contributed by atoms with Gasteiger partial charge in [0.2, 0.25) is 0 Å². The van der Waals surface area contributed by atoms with E-state index in [1.165, 1.54) is 0 Å². The molecule has 0 aromatic carbocycles. The van der Waals surface area contributed by atoms with E-state index in [1.807, 2.05) is 0 Å². The maximum atomic E-state index is 8.50. The van der Waals surface area contributed by atoms with E-state index < -0.39 is 0 Å². The first kappa shape index (κ1) is 6.99. The van der Waals surface area contributed by atoms with E-state index in [4.69, 9.17) is 14.6 Å². The third-order valence-corrected chi connectivity index (χ3v) is 1.42. The van der Waals surface area contributed by atoms with Crippen LogP contribution in [0, 0.1) is 0 Å². The van der Waals surface area contributed by atoms with Crippen LogP contribution in [0.15, 0.2) is 0 Å². The van der Waals surface area contributed by atoms with Crippen LogP contribution in [0.5, 0.6) is 0 Å². The van der Waals surface area contributed by atoms with Gasteiger partial charge in [-0.1, -0.05) is 0 Å². The summed E-state index contributed by atoms with van der Waals surface area (Å²) >= 11 is 0. The van der Waals surface area contributed by atoms with Crippen molar-refractivity contribution < 1.29 is 14.6 Å². The van der Waals surface area contributed by atoms with Crippen LogP contribution in [0.1, 0.15) is 12.8 Å². The Balaban J connectivity index is 2.08. The average Bonchev–Trinajstić information content (AvgIpc) is 1.91. The minimum absolute atomic E-state index is 0.213. The first-order valence-corrected chi connectivity index (χ1v) is 3.23. The number of aliphatic hydroxyl groups is 1. The predicted molar refractivity (Wildman–Crippen MR) is 32.0 cm³/mol. The zero-order chi connectivity index (χ0) is 6.53. The Morgan fingerprint density at radius 1 is 1.56 bits per heavy atom. The molecule has 9 heavy (non-hydrogen) atoms. The second kappa shape index (κ2) is 3.82. The van der Waals surface area contributed by atoms with Gasteiger partial charge in [-0.15, -0.1) is 0 Å². The van der Waals surface area contributed by atoms with E-state index in [9.17, 15) is 0 Å². The predicted octanol–water partition coefficient (Wildman–Crippen LogP) is 0.132. The second-order valence-electron chi connectivity index (χ2n) is 2.12. The average molecular weight is 132 g/mol. The topological polar surface area (TPSA) is 38.7 Å². The van der Waals surface area contributed by atoms with Gasteiger partial charge < -0.3 is 14.6 Å². The van der Waals surface area contributed by atoms with Gasteiger partial charge in [0.05, 0.1) is 12.7 Å². The molecule has 1 aliphatic heterocycles. The van der Waals surface area contributed by atoms with Gasteiger partial charge in [0, 0.05) is 6.61 Å². The molecule has 0 aromatic heterocycles. The normalized spacial score (nSPS) is 28.3. The molecule has 0 aliphatic carbocycles. The summed E-state index contributed by atoms with van der Waals surface area (Å²) in [7, 11) is 0. The third kappa shape index (κ3) is 2.30. The fraction of sp³-hybridized carbons (Fsp3) is 1.00. The Kier molecular flexibility index (Phi) is 2.97. The molecule has 54 valence electrons. The monoisotopic (exact) mass is 132 g/mol. The van der Waals surface area contributed by atoms with E-state index in [-0.39, 0.29) is 12.7 Å². The minimum Gasteiger partial charge on any atom is -0.396 e. The number of hydrogen-bond donors (Lipinski definition) is 1. The molecule has 0 aromatic rings. The maximum absolute atomic E-state index is 8.50. The molecule has 1 unspecified atom stereocenters. The SMILES string of the molecule is OCCC1CCOCO1. The molecule has 1 N–H and O–H groups in total. The number of rotatable bonds is 2. The molecule has 1 atom stereocenters. The highest BCUT2D eigenvalue weighted by Crippen LogP contribution is 2.08. The molecule has 0 saturated carbocycles. The van der Waals surface area contributed by atoms with Crippen molar-refractivity contribution in [2.24, 2.45) is 0 Å². The Morgan fingerprint density at radius 2 is 2.44 bits per heavy atom. The van der Waals surface area contributed by atoms with Crippen LogP contribution in [0.3, 0.4) is 0 Å². The molecule has 3 nitrogen and oxygen atoms in total.